The van der Waals surface area contributed by atoms with Gasteiger partial charge in [-0.1, -0.05) is 12.1 Å². The molecule has 2 heterocycles. The maximum absolute atomic E-state index is 6.10. The van der Waals surface area contributed by atoms with Crippen molar-refractivity contribution >= 4 is 12.6 Å². The van der Waals surface area contributed by atoms with Crippen LogP contribution in [0.5, 0.6) is 5.75 Å². The first-order valence-electron chi connectivity index (χ1n) is 7.99. The average molecular weight is 304 g/mol. The molecule has 1 atom stereocenters. The highest BCUT2D eigenvalue weighted by Gasteiger charge is 2.51. The van der Waals surface area contributed by atoms with E-state index in [4.69, 9.17) is 18.8 Å². The normalized spacial score (nSPS) is 26.4. The molecular formula is C17H25BO4. The summed E-state index contributed by atoms with van der Waals surface area (Å²) >= 11 is 0. The van der Waals surface area contributed by atoms with Crippen molar-refractivity contribution in [3.05, 3.63) is 23.8 Å². The fourth-order valence-electron chi connectivity index (χ4n) is 2.72. The minimum Gasteiger partial charge on any atom is -0.488 e. The van der Waals surface area contributed by atoms with E-state index in [1.165, 1.54) is 0 Å². The molecule has 0 aliphatic carbocycles. The molecule has 0 radical (unpaired) electrons. The SMILES string of the molecule is Cc1cc(B2OC(C)(C)C(C)(C)O2)ccc1O[C@H]1CCOC1. The maximum atomic E-state index is 6.10. The third-order valence-electron chi connectivity index (χ3n) is 4.91. The van der Waals surface area contributed by atoms with Crippen LogP contribution in [0.15, 0.2) is 18.2 Å². The molecule has 0 N–H and O–H groups in total. The van der Waals surface area contributed by atoms with E-state index in [9.17, 15) is 0 Å². The summed E-state index contributed by atoms with van der Waals surface area (Å²) in [6.45, 7) is 11.8. The molecule has 2 fully saturated rings. The first kappa shape index (κ1) is 15.8. The first-order chi connectivity index (χ1) is 10.3. The first-order valence-corrected chi connectivity index (χ1v) is 7.99. The van der Waals surface area contributed by atoms with Crippen LogP contribution in [0, 0.1) is 6.92 Å². The Morgan fingerprint density at radius 2 is 1.82 bits per heavy atom. The van der Waals surface area contributed by atoms with E-state index in [0.29, 0.717) is 6.61 Å². The van der Waals surface area contributed by atoms with Gasteiger partial charge in [-0.3, -0.25) is 0 Å². The topological polar surface area (TPSA) is 36.9 Å². The lowest BCUT2D eigenvalue weighted by atomic mass is 9.78. The smallest absolute Gasteiger partial charge is 0.488 e. The highest BCUT2D eigenvalue weighted by molar-refractivity contribution is 6.62. The predicted molar refractivity (Wildman–Crippen MR) is 86.7 cm³/mol. The molecule has 4 nitrogen and oxygen atoms in total. The molecule has 1 aromatic carbocycles. The summed E-state index contributed by atoms with van der Waals surface area (Å²) in [6, 6.07) is 6.13. The van der Waals surface area contributed by atoms with Gasteiger partial charge in [0.05, 0.1) is 24.4 Å². The number of aryl methyl sites for hydroxylation is 1. The molecule has 2 saturated heterocycles. The van der Waals surface area contributed by atoms with Gasteiger partial charge in [-0.05, 0) is 51.7 Å². The average Bonchev–Trinajstić information content (AvgIpc) is 2.99. The van der Waals surface area contributed by atoms with Gasteiger partial charge in [-0.15, -0.1) is 0 Å². The molecule has 120 valence electrons. The molecule has 5 heteroatoms. The quantitative estimate of drug-likeness (QED) is 0.804. The van der Waals surface area contributed by atoms with Crippen molar-refractivity contribution in [3.63, 3.8) is 0 Å². The Morgan fingerprint density at radius 3 is 2.36 bits per heavy atom. The zero-order valence-corrected chi connectivity index (χ0v) is 14.1. The van der Waals surface area contributed by atoms with Crippen LogP contribution in [0.3, 0.4) is 0 Å². The number of rotatable bonds is 3. The predicted octanol–water partition coefficient (Wildman–Crippen LogP) is 2.46. The highest BCUT2D eigenvalue weighted by atomic mass is 16.7. The summed E-state index contributed by atoms with van der Waals surface area (Å²) in [5.41, 5.74) is 1.49. The van der Waals surface area contributed by atoms with Crippen molar-refractivity contribution in [2.24, 2.45) is 0 Å². The number of hydrogen-bond acceptors (Lipinski definition) is 4. The third kappa shape index (κ3) is 2.90. The fourth-order valence-corrected chi connectivity index (χ4v) is 2.72. The van der Waals surface area contributed by atoms with Gasteiger partial charge < -0.3 is 18.8 Å². The fraction of sp³-hybridized carbons (Fsp3) is 0.647. The van der Waals surface area contributed by atoms with Gasteiger partial charge in [-0.2, -0.15) is 0 Å². The largest absolute Gasteiger partial charge is 0.494 e. The zero-order valence-electron chi connectivity index (χ0n) is 14.1. The van der Waals surface area contributed by atoms with Gasteiger partial charge >= 0.3 is 7.12 Å². The lowest BCUT2D eigenvalue weighted by molar-refractivity contribution is 0.00578. The Balaban J connectivity index is 1.75. The van der Waals surface area contributed by atoms with Gasteiger partial charge in [0.1, 0.15) is 11.9 Å². The van der Waals surface area contributed by atoms with Crippen LogP contribution in [0.2, 0.25) is 0 Å². The maximum Gasteiger partial charge on any atom is 0.494 e. The zero-order chi connectivity index (χ0) is 16.0. The molecule has 22 heavy (non-hydrogen) atoms. The second-order valence-electron chi connectivity index (χ2n) is 7.22. The minimum absolute atomic E-state index is 0.168. The summed E-state index contributed by atoms with van der Waals surface area (Å²) < 4.78 is 23.5. The Morgan fingerprint density at radius 1 is 1.14 bits per heavy atom. The molecule has 2 aliphatic heterocycles. The Labute approximate surface area is 133 Å². The second kappa shape index (κ2) is 5.55. The van der Waals surface area contributed by atoms with Crippen LogP contribution in [-0.2, 0) is 14.0 Å². The minimum atomic E-state index is -0.326. The monoisotopic (exact) mass is 304 g/mol. The molecule has 2 aliphatic rings. The van der Waals surface area contributed by atoms with E-state index in [1.54, 1.807) is 0 Å². The summed E-state index contributed by atoms with van der Waals surface area (Å²) in [5.74, 6) is 0.913. The van der Waals surface area contributed by atoms with Crippen LogP contribution in [-0.4, -0.2) is 37.6 Å². The molecule has 0 spiro atoms. The van der Waals surface area contributed by atoms with E-state index in [2.05, 4.69) is 40.7 Å². The Bertz CT molecular complexity index is 534. The van der Waals surface area contributed by atoms with Crippen molar-refractivity contribution in [2.45, 2.75) is 58.3 Å². The molecule has 3 rings (SSSR count). The summed E-state index contributed by atoms with van der Waals surface area (Å²) in [6.07, 6.45) is 1.12. The van der Waals surface area contributed by atoms with E-state index < -0.39 is 0 Å². The standard InChI is InChI=1S/C17H25BO4/c1-12-10-13(18-21-16(2,3)17(4,5)22-18)6-7-15(12)20-14-8-9-19-11-14/h6-7,10,14H,8-9,11H2,1-5H3/t14-/m0/s1. The van der Waals surface area contributed by atoms with E-state index in [0.717, 1.165) is 29.8 Å². The van der Waals surface area contributed by atoms with Crippen molar-refractivity contribution in [2.75, 3.05) is 13.2 Å². The van der Waals surface area contributed by atoms with Crippen LogP contribution in [0.4, 0.5) is 0 Å². The number of hydrogen-bond donors (Lipinski definition) is 0. The van der Waals surface area contributed by atoms with Gasteiger partial charge in [0, 0.05) is 6.42 Å². The Kier molecular flexibility index (Phi) is 4.00. The van der Waals surface area contributed by atoms with E-state index >= 15 is 0 Å². The Hall–Kier alpha value is -1.04. The van der Waals surface area contributed by atoms with Crippen LogP contribution < -0.4 is 10.2 Å². The van der Waals surface area contributed by atoms with Crippen LogP contribution >= 0.6 is 0 Å². The summed E-state index contributed by atoms with van der Waals surface area (Å²) in [5, 5.41) is 0. The summed E-state index contributed by atoms with van der Waals surface area (Å²) in [7, 11) is -0.326. The van der Waals surface area contributed by atoms with Gasteiger partial charge in [0.15, 0.2) is 0 Å². The van der Waals surface area contributed by atoms with Crippen molar-refractivity contribution in [1.29, 1.82) is 0 Å². The van der Waals surface area contributed by atoms with Crippen LogP contribution in [0.25, 0.3) is 0 Å². The van der Waals surface area contributed by atoms with Crippen molar-refractivity contribution < 1.29 is 18.8 Å². The van der Waals surface area contributed by atoms with E-state index in [1.807, 2.05) is 12.1 Å². The van der Waals surface area contributed by atoms with Crippen molar-refractivity contribution in [3.8, 4) is 5.75 Å². The third-order valence-corrected chi connectivity index (χ3v) is 4.91. The molecular weight excluding hydrogens is 279 g/mol. The lowest BCUT2D eigenvalue weighted by Gasteiger charge is -2.32. The second-order valence-corrected chi connectivity index (χ2v) is 7.22. The van der Waals surface area contributed by atoms with Gasteiger partial charge in [-0.25, -0.2) is 0 Å². The lowest BCUT2D eigenvalue weighted by Crippen LogP contribution is -2.41. The highest BCUT2D eigenvalue weighted by Crippen LogP contribution is 2.36. The van der Waals surface area contributed by atoms with Gasteiger partial charge in [0.2, 0.25) is 0 Å². The molecule has 0 amide bonds. The van der Waals surface area contributed by atoms with Crippen molar-refractivity contribution in [1.82, 2.24) is 0 Å². The molecule has 0 bridgehead atoms. The number of ether oxygens (including phenoxy) is 2. The molecule has 1 aromatic rings. The van der Waals surface area contributed by atoms with Gasteiger partial charge in [0.25, 0.3) is 0 Å². The number of benzene rings is 1. The van der Waals surface area contributed by atoms with E-state index in [-0.39, 0.29) is 24.4 Å². The molecule has 0 saturated carbocycles. The molecule has 0 aromatic heterocycles. The van der Waals surface area contributed by atoms with Crippen LogP contribution in [0.1, 0.15) is 39.7 Å². The summed E-state index contributed by atoms with van der Waals surface area (Å²) in [4.78, 5) is 0. The molecule has 0 unspecified atom stereocenters.